The number of nitrogens with zero attached hydrogens (tertiary/aromatic N) is 1. The van der Waals surface area contributed by atoms with Gasteiger partial charge in [0.25, 0.3) is 5.91 Å². The molecule has 5 nitrogen and oxygen atoms in total. The number of H-pyrrole nitrogens is 1. The van der Waals surface area contributed by atoms with Crippen molar-refractivity contribution in [2.45, 2.75) is 7.43 Å². The van der Waals surface area contributed by atoms with E-state index in [1.807, 2.05) is 18.2 Å². The van der Waals surface area contributed by atoms with Crippen LogP contribution in [0.5, 0.6) is 5.88 Å². The third-order valence-corrected chi connectivity index (χ3v) is 3.48. The van der Waals surface area contributed by atoms with Crippen LogP contribution in [-0.2, 0) is 4.79 Å². The van der Waals surface area contributed by atoms with Crippen molar-refractivity contribution in [2.75, 3.05) is 0 Å². The fourth-order valence-electron chi connectivity index (χ4n) is 1.79. The molecule has 0 atom stereocenters. The summed E-state index contributed by atoms with van der Waals surface area (Å²) in [4.78, 5) is 29.1. The number of rotatable bonds is 1. The summed E-state index contributed by atoms with van der Waals surface area (Å²) < 4.78 is 0. The minimum atomic E-state index is -0.390. The van der Waals surface area contributed by atoms with Crippen LogP contribution in [0.15, 0.2) is 39.6 Å². The zero-order valence-electron chi connectivity index (χ0n) is 9.58. The monoisotopic (exact) mass is 288 g/mol. The Bertz CT molecular complexity index is 874. The minimum absolute atomic E-state index is 0. The largest absolute Gasteiger partial charge is 0.493 e. The molecule has 1 aromatic heterocycles. The fraction of sp³-hybridized carbons (Fsp3) is 0.0714. The van der Waals surface area contributed by atoms with E-state index in [-0.39, 0.29) is 24.1 Å². The zero-order valence-corrected chi connectivity index (χ0v) is 10.4. The number of aromatic hydroxyl groups is 1. The highest BCUT2D eigenvalue weighted by atomic mass is 32.1. The van der Waals surface area contributed by atoms with E-state index in [1.54, 1.807) is 12.1 Å². The number of hydrogen-bond acceptors (Lipinski definition) is 4. The number of benzene rings is 1. The Morgan fingerprint density at radius 1 is 1.25 bits per heavy atom. The maximum Gasteiger partial charge on any atom is 0.307 e. The molecule has 0 saturated heterocycles. The number of aromatic nitrogens is 1. The van der Waals surface area contributed by atoms with Crippen molar-refractivity contribution in [2.24, 2.45) is 4.99 Å². The van der Waals surface area contributed by atoms with Crippen molar-refractivity contribution in [3.8, 4) is 5.88 Å². The van der Waals surface area contributed by atoms with Crippen molar-refractivity contribution in [3.63, 3.8) is 0 Å². The molecule has 1 amide bonds. The van der Waals surface area contributed by atoms with Crippen molar-refractivity contribution in [1.29, 1.82) is 0 Å². The molecule has 0 spiro atoms. The normalized spacial score (nSPS) is 15.0. The maximum absolute atomic E-state index is 11.8. The van der Waals surface area contributed by atoms with Gasteiger partial charge < -0.3 is 5.11 Å². The quantitative estimate of drug-likeness (QED) is 0.762. The van der Waals surface area contributed by atoms with Gasteiger partial charge in [0.1, 0.15) is 0 Å². The number of carbonyl (C=O) groups excluding carboxylic acids is 1. The topological polar surface area (TPSA) is 82.5 Å². The van der Waals surface area contributed by atoms with Crippen LogP contribution in [0.2, 0.25) is 0 Å². The van der Waals surface area contributed by atoms with Gasteiger partial charge in [0, 0.05) is 10.8 Å². The molecule has 1 aliphatic heterocycles. The Morgan fingerprint density at radius 3 is 2.70 bits per heavy atom. The number of hydrogen-bond donors (Lipinski definition) is 2. The predicted octanol–water partition coefficient (Wildman–Crippen LogP) is 0.802. The SMILES string of the molecule is C.O=C1N=c2ccccc2=CC1=Cc1sc(=O)[nH]c1O. The first-order valence-electron chi connectivity index (χ1n) is 5.47. The van der Waals surface area contributed by atoms with Crippen molar-refractivity contribution < 1.29 is 9.90 Å². The lowest BCUT2D eigenvalue weighted by Crippen LogP contribution is -2.29. The third kappa shape index (κ3) is 2.46. The van der Waals surface area contributed by atoms with E-state index in [1.165, 1.54) is 6.08 Å². The lowest BCUT2D eigenvalue weighted by atomic mass is 10.1. The van der Waals surface area contributed by atoms with E-state index in [4.69, 9.17) is 0 Å². The second kappa shape index (κ2) is 5.26. The molecule has 2 N–H and O–H groups in total. The first-order valence-corrected chi connectivity index (χ1v) is 6.29. The average molecular weight is 288 g/mol. The van der Waals surface area contributed by atoms with Gasteiger partial charge in [0.15, 0.2) is 0 Å². The molecule has 1 aliphatic rings. The molecule has 0 aliphatic carbocycles. The summed E-state index contributed by atoms with van der Waals surface area (Å²) in [6.07, 6.45) is 3.15. The number of amides is 1. The summed E-state index contributed by atoms with van der Waals surface area (Å²) in [5.41, 5.74) is 0.337. The molecule has 0 fully saturated rings. The fourth-order valence-corrected chi connectivity index (χ4v) is 2.47. The molecule has 0 unspecified atom stereocenters. The van der Waals surface area contributed by atoms with Crippen LogP contribution in [-0.4, -0.2) is 16.0 Å². The summed E-state index contributed by atoms with van der Waals surface area (Å²) in [6.45, 7) is 0. The van der Waals surface area contributed by atoms with E-state index in [9.17, 15) is 14.7 Å². The van der Waals surface area contributed by atoms with Gasteiger partial charge in [-0.05, 0) is 18.2 Å². The minimum Gasteiger partial charge on any atom is -0.493 e. The molecule has 102 valence electrons. The second-order valence-corrected chi connectivity index (χ2v) is 4.96. The van der Waals surface area contributed by atoms with Crippen LogP contribution in [0.1, 0.15) is 12.3 Å². The lowest BCUT2D eigenvalue weighted by molar-refractivity contribution is -0.114. The molecular weight excluding hydrogens is 276 g/mol. The molecule has 0 bridgehead atoms. The predicted molar refractivity (Wildman–Crippen MR) is 78.0 cm³/mol. The molecule has 3 rings (SSSR count). The third-order valence-electron chi connectivity index (χ3n) is 2.66. The van der Waals surface area contributed by atoms with Gasteiger partial charge >= 0.3 is 4.87 Å². The molecule has 6 heteroatoms. The Morgan fingerprint density at radius 2 is 2.00 bits per heavy atom. The van der Waals surface area contributed by atoms with Crippen molar-refractivity contribution in [3.05, 3.63) is 55.0 Å². The number of fused-ring (bicyclic) bond motifs is 1. The summed E-state index contributed by atoms with van der Waals surface area (Å²) in [5.74, 6) is -0.624. The number of carbonyl (C=O) groups is 1. The maximum atomic E-state index is 11.8. The lowest BCUT2D eigenvalue weighted by Gasteiger charge is -2.02. The molecule has 0 saturated carbocycles. The van der Waals surface area contributed by atoms with Gasteiger partial charge in [-0.1, -0.05) is 37.0 Å². The summed E-state index contributed by atoms with van der Waals surface area (Å²) in [6, 6.07) is 7.26. The first kappa shape index (κ1) is 14.0. The van der Waals surface area contributed by atoms with E-state index in [0.29, 0.717) is 15.8 Å². The van der Waals surface area contributed by atoms with E-state index in [2.05, 4.69) is 9.98 Å². The Kier molecular flexibility index (Phi) is 3.67. The molecule has 1 aromatic carbocycles. The van der Waals surface area contributed by atoms with Gasteiger partial charge in [-0.3, -0.25) is 14.6 Å². The second-order valence-electron chi connectivity index (χ2n) is 3.95. The van der Waals surface area contributed by atoms with Gasteiger partial charge in [-0.25, -0.2) is 4.99 Å². The van der Waals surface area contributed by atoms with Gasteiger partial charge in [0.2, 0.25) is 5.88 Å². The van der Waals surface area contributed by atoms with Crippen LogP contribution < -0.4 is 15.4 Å². The van der Waals surface area contributed by atoms with Crippen molar-refractivity contribution in [1.82, 2.24) is 4.98 Å². The molecule has 20 heavy (non-hydrogen) atoms. The highest BCUT2D eigenvalue weighted by molar-refractivity contribution is 7.10. The molecule has 0 radical (unpaired) electrons. The van der Waals surface area contributed by atoms with Gasteiger partial charge in [-0.2, -0.15) is 0 Å². The van der Waals surface area contributed by atoms with Crippen molar-refractivity contribution >= 4 is 29.4 Å². The standard InChI is InChI=1S/C13H8N2O3S.CH4/c16-11-8(6-10-12(17)15-13(18)19-10)5-7-3-1-2-4-9(7)14-11;/h1-6,17H,(H,15,18);1H4. The van der Waals surface area contributed by atoms with Gasteiger partial charge in [0.05, 0.1) is 10.2 Å². The molecule has 2 heterocycles. The Balaban J connectivity index is 0.00000147. The van der Waals surface area contributed by atoms with Crippen LogP contribution in [0.25, 0.3) is 12.2 Å². The summed E-state index contributed by atoms with van der Waals surface area (Å²) in [7, 11) is 0. The molecule has 2 aromatic rings. The highest BCUT2D eigenvalue weighted by Crippen LogP contribution is 2.20. The highest BCUT2D eigenvalue weighted by Gasteiger charge is 2.12. The van der Waals surface area contributed by atoms with Gasteiger partial charge in [-0.15, -0.1) is 0 Å². The number of nitrogens with one attached hydrogen (secondary N) is 1. The van der Waals surface area contributed by atoms with E-state index >= 15 is 0 Å². The summed E-state index contributed by atoms with van der Waals surface area (Å²) >= 11 is 0.840. The molecular formula is C14H12N2O3S. The van der Waals surface area contributed by atoms with Crippen LogP contribution in [0.4, 0.5) is 0 Å². The average Bonchev–Trinajstić information content (AvgIpc) is 2.69. The van der Waals surface area contributed by atoms with Crippen LogP contribution >= 0.6 is 11.3 Å². The zero-order chi connectivity index (χ0) is 13.4. The van der Waals surface area contributed by atoms with Crippen LogP contribution in [0.3, 0.4) is 0 Å². The number of aromatic amines is 1. The number of para-hydroxylation sites is 1. The smallest absolute Gasteiger partial charge is 0.307 e. The first-order chi connectivity index (χ1) is 9.13. The Hall–Kier alpha value is -2.47. The Labute approximate surface area is 118 Å². The van der Waals surface area contributed by atoms with Crippen LogP contribution in [0, 0.1) is 0 Å². The van der Waals surface area contributed by atoms with E-state index in [0.717, 1.165) is 16.6 Å². The number of thiazole rings is 1. The summed E-state index contributed by atoms with van der Waals surface area (Å²) in [5, 5.41) is 10.9. The van der Waals surface area contributed by atoms with E-state index < -0.39 is 0 Å².